The molecule has 1 aromatic heterocycles. The van der Waals surface area contributed by atoms with Crippen LogP contribution in [0.5, 0.6) is 0 Å². The van der Waals surface area contributed by atoms with E-state index in [4.69, 9.17) is 5.73 Å². The molecule has 0 bridgehead atoms. The molecule has 0 fully saturated rings. The third kappa shape index (κ3) is 3.30. The van der Waals surface area contributed by atoms with Crippen LogP contribution >= 0.6 is 0 Å². The van der Waals surface area contributed by atoms with Gasteiger partial charge in [-0.1, -0.05) is 0 Å². The Morgan fingerprint density at radius 2 is 2.06 bits per heavy atom. The molecule has 0 unspecified atom stereocenters. The second kappa shape index (κ2) is 6.15. The van der Waals surface area contributed by atoms with Crippen molar-refractivity contribution < 1.29 is 4.79 Å². The van der Waals surface area contributed by atoms with E-state index >= 15 is 0 Å². The van der Waals surface area contributed by atoms with Crippen molar-refractivity contribution in [1.29, 1.82) is 0 Å². The number of nitrogens with two attached hydrogens (primary N) is 1. The normalized spacial score (nSPS) is 10.4. The van der Waals surface area contributed by atoms with Gasteiger partial charge in [0.15, 0.2) is 0 Å². The largest absolute Gasteiger partial charge is 0.347 e. The summed E-state index contributed by atoms with van der Waals surface area (Å²) in [6.45, 7) is 0.595. The van der Waals surface area contributed by atoms with Crippen LogP contribution in [0.1, 0.15) is 6.42 Å². The fourth-order valence-corrected chi connectivity index (χ4v) is 1.42. The molecule has 1 aromatic rings. The molecule has 7 nitrogen and oxygen atoms in total. The maximum Gasteiger partial charge on any atom is 0.331 e. The van der Waals surface area contributed by atoms with Crippen LogP contribution in [0.2, 0.25) is 0 Å². The molecule has 0 aliphatic rings. The molecular formula is C11H18N4O3. The third-order valence-electron chi connectivity index (χ3n) is 2.53. The highest BCUT2D eigenvalue weighted by molar-refractivity contribution is 5.75. The van der Waals surface area contributed by atoms with E-state index in [9.17, 15) is 14.4 Å². The second-order valence-electron chi connectivity index (χ2n) is 4.15. The maximum absolute atomic E-state index is 12.0. The molecule has 0 aliphatic carbocycles. The first-order valence-electron chi connectivity index (χ1n) is 5.68. The van der Waals surface area contributed by atoms with Gasteiger partial charge in [0.25, 0.3) is 5.56 Å². The molecule has 0 saturated heterocycles. The standard InChI is InChI=1S/C11H18N4O3/c1-13(2)10(17)8-14-7-4-9(16)15(11(14)18)6-3-5-12/h4,7H,3,5-6,8,12H2,1-2H3. The number of nitrogens with zero attached hydrogens (tertiary/aromatic N) is 3. The summed E-state index contributed by atoms with van der Waals surface area (Å²) in [6.07, 6.45) is 1.88. The lowest BCUT2D eigenvalue weighted by atomic mass is 10.4. The average Bonchev–Trinajstić information content (AvgIpc) is 2.32. The van der Waals surface area contributed by atoms with Crippen LogP contribution in [0.3, 0.4) is 0 Å². The van der Waals surface area contributed by atoms with Gasteiger partial charge in [0.05, 0.1) is 0 Å². The first kappa shape index (κ1) is 14.2. The Kier molecular flexibility index (Phi) is 4.85. The van der Waals surface area contributed by atoms with Gasteiger partial charge in [-0.2, -0.15) is 0 Å². The Morgan fingerprint density at radius 1 is 1.39 bits per heavy atom. The fraction of sp³-hybridized carbons (Fsp3) is 0.545. The van der Waals surface area contributed by atoms with E-state index in [0.717, 1.165) is 4.57 Å². The predicted octanol–water partition coefficient (Wildman–Crippen LogP) is -1.55. The fourth-order valence-electron chi connectivity index (χ4n) is 1.42. The van der Waals surface area contributed by atoms with Crippen molar-refractivity contribution >= 4 is 5.91 Å². The highest BCUT2D eigenvalue weighted by atomic mass is 16.2. The Morgan fingerprint density at radius 3 is 2.61 bits per heavy atom. The molecule has 0 saturated carbocycles. The van der Waals surface area contributed by atoms with Crippen molar-refractivity contribution in [2.75, 3.05) is 20.6 Å². The van der Waals surface area contributed by atoms with Crippen molar-refractivity contribution in [2.45, 2.75) is 19.5 Å². The first-order valence-corrected chi connectivity index (χ1v) is 5.68. The van der Waals surface area contributed by atoms with Crippen LogP contribution < -0.4 is 17.0 Å². The van der Waals surface area contributed by atoms with Crippen LogP contribution in [-0.4, -0.2) is 40.6 Å². The van der Waals surface area contributed by atoms with Crippen LogP contribution in [-0.2, 0) is 17.9 Å². The molecule has 0 atom stereocenters. The number of carbonyl (C=O) groups excluding carboxylic acids is 1. The van der Waals surface area contributed by atoms with Gasteiger partial charge in [-0.25, -0.2) is 4.79 Å². The summed E-state index contributed by atoms with van der Waals surface area (Å²) in [6, 6.07) is 1.28. The van der Waals surface area contributed by atoms with Crippen molar-refractivity contribution in [2.24, 2.45) is 5.73 Å². The Labute approximate surface area is 104 Å². The molecule has 1 heterocycles. The van der Waals surface area contributed by atoms with E-state index < -0.39 is 5.69 Å². The van der Waals surface area contributed by atoms with Gasteiger partial charge in [0.1, 0.15) is 6.54 Å². The number of carbonyl (C=O) groups is 1. The van der Waals surface area contributed by atoms with Gasteiger partial charge in [0, 0.05) is 32.9 Å². The van der Waals surface area contributed by atoms with E-state index in [1.54, 1.807) is 14.1 Å². The highest BCUT2D eigenvalue weighted by Gasteiger charge is 2.09. The second-order valence-corrected chi connectivity index (χ2v) is 4.15. The summed E-state index contributed by atoms with van der Waals surface area (Å²) in [5.41, 5.74) is 4.50. The molecule has 7 heteroatoms. The van der Waals surface area contributed by atoms with Gasteiger partial charge in [-0.05, 0) is 13.0 Å². The minimum absolute atomic E-state index is 0.0747. The lowest BCUT2D eigenvalue weighted by molar-refractivity contribution is -0.129. The number of hydrogen-bond acceptors (Lipinski definition) is 4. The number of likely N-dealkylation sites (N-methyl/N-ethyl adjacent to an activating group) is 1. The summed E-state index contributed by atoms with van der Waals surface area (Å²) in [5, 5.41) is 0. The van der Waals surface area contributed by atoms with E-state index in [-0.39, 0.29) is 24.6 Å². The number of aromatic nitrogens is 2. The van der Waals surface area contributed by atoms with E-state index in [2.05, 4.69) is 0 Å². The van der Waals surface area contributed by atoms with Gasteiger partial charge in [-0.15, -0.1) is 0 Å². The van der Waals surface area contributed by atoms with Crippen LogP contribution in [0.4, 0.5) is 0 Å². The van der Waals surface area contributed by atoms with Crippen LogP contribution in [0, 0.1) is 0 Å². The third-order valence-corrected chi connectivity index (χ3v) is 2.53. The Bertz CT molecular complexity index is 530. The minimum Gasteiger partial charge on any atom is -0.347 e. The lowest BCUT2D eigenvalue weighted by Crippen LogP contribution is -2.41. The van der Waals surface area contributed by atoms with E-state index in [1.807, 2.05) is 0 Å². The summed E-state index contributed by atoms with van der Waals surface area (Å²) in [4.78, 5) is 36.4. The molecule has 18 heavy (non-hydrogen) atoms. The average molecular weight is 254 g/mol. The summed E-state index contributed by atoms with van der Waals surface area (Å²) < 4.78 is 2.32. The molecule has 2 N–H and O–H groups in total. The van der Waals surface area contributed by atoms with Crippen molar-refractivity contribution in [1.82, 2.24) is 14.0 Å². The molecule has 0 radical (unpaired) electrons. The van der Waals surface area contributed by atoms with Crippen molar-refractivity contribution in [3.63, 3.8) is 0 Å². The van der Waals surface area contributed by atoms with E-state index in [1.165, 1.54) is 21.7 Å². The van der Waals surface area contributed by atoms with Crippen LogP contribution in [0.25, 0.3) is 0 Å². The highest BCUT2D eigenvalue weighted by Crippen LogP contribution is 1.86. The molecule has 1 rings (SSSR count). The molecular weight excluding hydrogens is 236 g/mol. The smallest absolute Gasteiger partial charge is 0.331 e. The maximum atomic E-state index is 12.0. The number of rotatable bonds is 5. The molecule has 100 valence electrons. The summed E-state index contributed by atoms with van der Waals surface area (Å²) >= 11 is 0. The summed E-state index contributed by atoms with van der Waals surface area (Å²) in [7, 11) is 3.22. The van der Waals surface area contributed by atoms with Gasteiger partial charge in [0.2, 0.25) is 5.91 Å². The SMILES string of the molecule is CN(C)C(=O)Cn1ccc(=O)n(CCCN)c1=O. The molecule has 0 aliphatic heterocycles. The van der Waals surface area contributed by atoms with Gasteiger partial charge in [-0.3, -0.25) is 18.7 Å². The summed E-state index contributed by atoms with van der Waals surface area (Å²) in [5.74, 6) is -0.207. The number of hydrogen-bond donors (Lipinski definition) is 1. The van der Waals surface area contributed by atoms with Crippen LogP contribution in [0.15, 0.2) is 21.9 Å². The number of amides is 1. The molecule has 0 aromatic carbocycles. The molecule has 1 amide bonds. The van der Waals surface area contributed by atoms with Gasteiger partial charge < -0.3 is 10.6 Å². The Hall–Kier alpha value is -1.89. The van der Waals surface area contributed by atoms with Gasteiger partial charge >= 0.3 is 5.69 Å². The zero-order valence-electron chi connectivity index (χ0n) is 10.6. The minimum atomic E-state index is -0.480. The topological polar surface area (TPSA) is 90.3 Å². The zero-order chi connectivity index (χ0) is 13.7. The lowest BCUT2D eigenvalue weighted by Gasteiger charge is -2.12. The molecule has 0 spiro atoms. The predicted molar refractivity (Wildman–Crippen MR) is 67.3 cm³/mol. The Balaban J connectivity index is 3.05. The monoisotopic (exact) mass is 254 g/mol. The first-order chi connectivity index (χ1) is 8.47. The quantitative estimate of drug-likeness (QED) is 0.688. The van der Waals surface area contributed by atoms with Crippen molar-refractivity contribution in [3.05, 3.63) is 33.1 Å². The van der Waals surface area contributed by atoms with Crippen molar-refractivity contribution in [3.8, 4) is 0 Å². The zero-order valence-corrected chi connectivity index (χ0v) is 10.6. The van der Waals surface area contributed by atoms with E-state index in [0.29, 0.717) is 13.0 Å².